The average Bonchev–Trinajstić information content (AvgIpc) is 3.02. The van der Waals surface area contributed by atoms with Crippen molar-refractivity contribution in [2.75, 3.05) is 17.4 Å². The van der Waals surface area contributed by atoms with Gasteiger partial charge in [-0.2, -0.15) is 0 Å². The third-order valence-corrected chi connectivity index (χ3v) is 9.67. The summed E-state index contributed by atoms with van der Waals surface area (Å²) in [6.07, 6.45) is 1.91. The van der Waals surface area contributed by atoms with Crippen molar-refractivity contribution >= 4 is 50.7 Å². The number of para-hydroxylation sites is 1. The van der Waals surface area contributed by atoms with Gasteiger partial charge in [0.25, 0.3) is 10.0 Å². The zero-order valence-electron chi connectivity index (χ0n) is 25.3. The Morgan fingerprint density at radius 1 is 0.822 bits per heavy atom. The summed E-state index contributed by atoms with van der Waals surface area (Å²) in [6, 6.07) is 28.4. The predicted octanol–water partition coefficient (Wildman–Crippen LogP) is 7.05. The molecule has 0 spiro atoms. The molecule has 7 nitrogen and oxygen atoms in total. The number of carbonyl (C=O) groups is 2. The molecule has 1 atom stereocenters. The molecule has 0 bridgehead atoms. The van der Waals surface area contributed by atoms with Crippen molar-refractivity contribution in [1.82, 2.24) is 10.2 Å². The summed E-state index contributed by atoms with van der Waals surface area (Å²) in [5, 5.41) is 3.86. The molecule has 4 rings (SSSR count). The van der Waals surface area contributed by atoms with Crippen LogP contribution < -0.4 is 9.62 Å². The van der Waals surface area contributed by atoms with E-state index in [-0.39, 0.29) is 23.8 Å². The van der Waals surface area contributed by atoms with Crippen LogP contribution in [0.3, 0.4) is 0 Å². The van der Waals surface area contributed by atoms with Crippen LogP contribution in [0.5, 0.6) is 0 Å². The maximum Gasteiger partial charge on any atom is 0.264 e. The third-order valence-electron chi connectivity index (χ3n) is 7.41. The topological polar surface area (TPSA) is 86.8 Å². The summed E-state index contributed by atoms with van der Waals surface area (Å²) in [4.78, 5) is 29.8. The highest BCUT2D eigenvalue weighted by molar-refractivity contribution is 7.92. The van der Waals surface area contributed by atoms with Crippen molar-refractivity contribution in [3.63, 3.8) is 0 Å². The molecule has 0 aliphatic rings. The minimum atomic E-state index is -4.22. The molecule has 4 aromatic carbocycles. The van der Waals surface area contributed by atoms with E-state index in [0.29, 0.717) is 33.4 Å². The van der Waals surface area contributed by atoms with Crippen LogP contribution in [-0.4, -0.2) is 44.3 Å². The van der Waals surface area contributed by atoms with Crippen LogP contribution >= 0.6 is 23.2 Å². The maximum absolute atomic E-state index is 14.5. The number of benzene rings is 4. The lowest BCUT2D eigenvalue weighted by molar-refractivity contribution is -0.140. The Morgan fingerprint density at radius 2 is 1.49 bits per heavy atom. The van der Waals surface area contributed by atoms with Crippen molar-refractivity contribution in [3.05, 3.63) is 130 Å². The van der Waals surface area contributed by atoms with Gasteiger partial charge >= 0.3 is 0 Å². The first kappa shape index (κ1) is 34.0. The summed E-state index contributed by atoms with van der Waals surface area (Å²) in [6.45, 7) is 3.78. The van der Waals surface area contributed by atoms with Crippen LogP contribution in [0.25, 0.3) is 0 Å². The third kappa shape index (κ3) is 9.10. The number of sulfonamides is 1. The number of nitrogens with zero attached hydrogens (tertiary/aromatic N) is 2. The number of anilines is 1. The minimum absolute atomic E-state index is 0.0116. The first-order valence-corrected chi connectivity index (χ1v) is 17.0. The Kier molecular flexibility index (Phi) is 12.0. The van der Waals surface area contributed by atoms with E-state index in [9.17, 15) is 18.0 Å². The fourth-order valence-electron chi connectivity index (χ4n) is 4.98. The zero-order valence-corrected chi connectivity index (χ0v) is 27.7. The number of carbonyl (C=O) groups excluding carboxylic acids is 2. The van der Waals surface area contributed by atoms with Crippen molar-refractivity contribution in [2.24, 2.45) is 0 Å². The van der Waals surface area contributed by atoms with Crippen LogP contribution in [0.15, 0.2) is 108 Å². The van der Waals surface area contributed by atoms with E-state index in [4.69, 9.17) is 23.2 Å². The maximum atomic E-state index is 14.5. The average molecular weight is 667 g/mol. The zero-order chi connectivity index (χ0) is 32.4. The van der Waals surface area contributed by atoms with Gasteiger partial charge in [-0.05, 0) is 72.5 Å². The van der Waals surface area contributed by atoms with Crippen LogP contribution in [0, 0.1) is 6.92 Å². The van der Waals surface area contributed by atoms with Gasteiger partial charge in [-0.15, -0.1) is 0 Å². The standard InChI is InChI=1S/C35H37Cl2N3O4S/c1-3-4-21-38-35(42)33(23-27-12-6-5-7-13-27)39(24-28-14-10-15-30(37)22-28)34(41)25-40(32-16-9-8-11-26(32)2)45(43,44)31-19-17-29(36)18-20-31/h5-20,22,33H,3-4,21,23-25H2,1-2H3,(H,38,42). The highest BCUT2D eigenvalue weighted by atomic mass is 35.5. The van der Waals surface area contributed by atoms with Crippen molar-refractivity contribution < 1.29 is 18.0 Å². The molecule has 0 saturated heterocycles. The Morgan fingerprint density at radius 3 is 2.16 bits per heavy atom. The Balaban J connectivity index is 1.80. The van der Waals surface area contributed by atoms with Gasteiger partial charge in [0, 0.05) is 29.6 Å². The van der Waals surface area contributed by atoms with Crippen molar-refractivity contribution in [1.29, 1.82) is 0 Å². The van der Waals surface area contributed by atoms with Crippen LogP contribution in [0.2, 0.25) is 10.0 Å². The number of unbranched alkanes of at least 4 members (excludes halogenated alkanes) is 1. The number of nitrogens with one attached hydrogen (secondary N) is 1. The highest BCUT2D eigenvalue weighted by Crippen LogP contribution is 2.28. The van der Waals surface area contributed by atoms with Gasteiger partial charge in [-0.1, -0.05) is 97.2 Å². The SMILES string of the molecule is CCCCNC(=O)C(Cc1ccccc1)N(Cc1cccc(Cl)c1)C(=O)CN(c1ccccc1C)S(=O)(=O)c1ccc(Cl)cc1. The molecule has 0 fully saturated rings. The predicted molar refractivity (Wildman–Crippen MR) is 181 cm³/mol. The molecule has 1 N–H and O–H groups in total. The molecule has 0 radical (unpaired) electrons. The Labute approximate surface area is 275 Å². The second-order valence-corrected chi connectivity index (χ2v) is 13.5. The van der Waals surface area contributed by atoms with Gasteiger partial charge in [-0.3, -0.25) is 13.9 Å². The summed E-state index contributed by atoms with van der Waals surface area (Å²) >= 11 is 12.4. The molecule has 236 valence electrons. The van der Waals surface area contributed by atoms with E-state index in [1.165, 1.54) is 29.2 Å². The highest BCUT2D eigenvalue weighted by Gasteiger charge is 2.35. The number of aryl methyl sites for hydroxylation is 1. The molecule has 1 unspecified atom stereocenters. The number of halogens is 2. The van der Waals surface area contributed by atoms with Gasteiger partial charge < -0.3 is 10.2 Å². The van der Waals surface area contributed by atoms with E-state index in [0.717, 1.165) is 22.7 Å². The fourth-order valence-corrected chi connectivity index (χ4v) is 6.80. The van der Waals surface area contributed by atoms with Crippen molar-refractivity contribution in [3.8, 4) is 0 Å². The summed E-state index contributed by atoms with van der Waals surface area (Å²) < 4.78 is 29.4. The molecule has 0 saturated carbocycles. The van der Waals surface area contributed by atoms with Crippen LogP contribution in [-0.2, 0) is 32.6 Å². The molecule has 2 amide bonds. The quantitative estimate of drug-likeness (QED) is 0.146. The monoisotopic (exact) mass is 665 g/mol. The molecular formula is C35H37Cl2N3O4S. The van der Waals surface area contributed by atoms with E-state index in [2.05, 4.69) is 5.32 Å². The lowest BCUT2D eigenvalue weighted by atomic mass is 10.0. The van der Waals surface area contributed by atoms with Crippen molar-refractivity contribution in [2.45, 2.75) is 50.6 Å². The molecule has 0 aliphatic carbocycles. The van der Waals surface area contributed by atoms with E-state index >= 15 is 0 Å². The fraction of sp³-hybridized carbons (Fsp3) is 0.257. The normalized spacial score (nSPS) is 11.9. The molecule has 0 aliphatic heterocycles. The molecular weight excluding hydrogens is 629 g/mol. The lowest BCUT2D eigenvalue weighted by Gasteiger charge is -2.34. The second kappa shape index (κ2) is 15.9. The molecule has 4 aromatic rings. The van der Waals surface area contributed by atoms with Gasteiger partial charge in [-0.25, -0.2) is 8.42 Å². The van der Waals surface area contributed by atoms with Crippen LogP contribution in [0.1, 0.15) is 36.5 Å². The molecule has 10 heteroatoms. The number of hydrogen-bond acceptors (Lipinski definition) is 4. The van der Waals surface area contributed by atoms with Crippen LogP contribution in [0.4, 0.5) is 5.69 Å². The second-order valence-electron chi connectivity index (χ2n) is 10.8. The first-order chi connectivity index (χ1) is 21.6. The van der Waals surface area contributed by atoms with Gasteiger partial charge in [0.2, 0.25) is 11.8 Å². The minimum Gasteiger partial charge on any atom is -0.354 e. The number of hydrogen-bond donors (Lipinski definition) is 1. The van der Waals surface area contributed by atoms with E-state index in [1.54, 1.807) is 49.4 Å². The van der Waals surface area contributed by atoms with E-state index < -0.39 is 28.5 Å². The smallest absolute Gasteiger partial charge is 0.264 e. The van der Waals surface area contributed by atoms with Gasteiger partial charge in [0.15, 0.2) is 0 Å². The van der Waals surface area contributed by atoms with E-state index in [1.807, 2.05) is 43.3 Å². The molecule has 45 heavy (non-hydrogen) atoms. The Hall–Kier alpha value is -3.85. The first-order valence-electron chi connectivity index (χ1n) is 14.8. The number of amides is 2. The summed E-state index contributed by atoms with van der Waals surface area (Å²) in [5.74, 6) is -0.854. The number of rotatable bonds is 14. The summed E-state index contributed by atoms with van der Waals surface area (Å²) in [7, 11) is -4.22. The summed E-state index contributed by atoms with van der Waals surface area (Å²) in [5.41, 5.74) is 2.60. The Bertz CT molecular complexity index is 1700. The molecule has 0 aromatic heterocycles. The lowest BCUT2D eigenvalue weighted by Crippen LogP contribution is -2.53. The van der Waals surface area contributed by atoms with Gasteiger partial charge in [0.05, 0.1) is 10.6 Å². The van der Waals surface area contributed by atoms with Gasteiger partial charge in [0.1, 0.15) is 12.6 Å². The molecule has 0 heterocycles. The largest absolute Gasteiger partial charge is 0.354 e.